The number of rotatable bonds is 3. The van der Waals surface area contributed by atoms with Crippen LogP contribution in [-0.4, -0.2) is 30.4 Å². The number of nitrogens with two attached hydrogens (primary N) is 1. The smallest absolute Gasteiger partial charge is 0.238 e. The minimum Gasteiger partial charge on any atom is -0.396 e. The van der Waals surface area contributed by atoms with Gasteiger partial charge in [-0.3, -0.25) is 9.69 Å². The quantitative estimate of drug-likeness (QED) is 0.782. The fourth-order valence-electron chi connectivity index (χ4n) is 1.97. The van der Waals surface area contributed by atoms with Crippen molar-refractivity contribution in [2.75, 3.05) is 30.7 Å². The average Bonchev–Trinajstić information content (AvgIpc) is 2.76. The van der Waals surface area contributed by atoms with Crippen molar-refractivity contribution in [3.8, 4) is 0 Å². The number of likely N-dealkylation sites (tertiary alicyclic amines) is 1. The van der Waals surface area contributed by atoms with Crippen LogP contribution in [-0.2, 0) is 4.79 Å². The number of nitrogens with zero attached hydrogens (tertiary/aromatic N) is 1. The lowest BCUT2D eigenvalue weighted by atomic mass is 10.2. The Labute approximate surface area is 99.6 Å². The van der Waals surface area contributed by atoms with Gasteiger partial charge in [0.15, 0.2) is 0 Å². The predicted molar refractivity (Wildman–Crippen MR) is 65.1 cm³/mol. The zero-order valence-electron chi connectivity index (χ0n) is 9.58. The van der Waals surface area contributed by atoms with E-state index in [4.69, 9.17) is 5.73 Å². The number of nitrogens with one attached hydrogen (secondary N) is 1. The van der Waals surface area contributed by atoms with Crippen LogP contribution in [0.1, 0.15) is 12.8 Å². The van der Waals surface area contributed by atoms with Crippen molar-refractivity contribution >= 4 is 17.3 Å². The van der Waals surface area contributed by atoms with Gasteiger partial charge < -0.3 is 11.1 Å². The van der Waals surface area contributed by atoms with Gasteiger partial charge in [-0.1, -0.05) is 0 Å². The molecule has 0 bridgehead atoms. The van der Waals surface area contributed by atoms with Crippen LogP contribution < -0.4 is 11.1 Å². The van der Waals surface area contributed by atoms with E-state index >= 15 is 0 Å². The minimum absolute atomic E-state index is 0.0453. The van der Waals surface area contributed by atoms with Crippen molar-refractivity contribution < 1.29 is 9.18 Å². The van der Waals surface area contributed by atoms with Crippen molar-refractivity contribution in [3.05, 3.63) is 24.0 Å². The molecule has 0 saturated carbocycles. The first-order valence-corrected chi connectivity index (χ1v) is 5.72. The van der Waals surface area contributed by atoms with E-state index in [1.54, 1.807) is 0 Å². The van der Waals surface area contributed by atoms with E-state index in [1.807, 2.05) is 0 Å². The van der Waals surface area contributed by atoms with Crippen LogP contribution in [0.5, 0.6) is 0 Å². The lowest BCUT2D eigenvalue weighted by molar-refractivity contribution is -0.117. The number of carbonyl (C=O) groups is 1. The summed E-state index contributed by atoms with van der Waals surface area (Å²) in [6.45, 7) is 2.33. The molecule has 0 unspecified atom stereocenters. The van der Waals surface area contributed by atoms with Crippen molar-refractivity contribution in [3.63, 3.8) is 0 Å². The molecular formula is C12H16FN3O. The molecule has 1 aromatic rings. The number of benzene rings is 1. The first kappa shape index (κ1) is 11.9. The zero-order valence-corrected chi connectivity index (χ0v) is 9.58. The van der Waals surface area contributed by atoms with Crippen molar-refractivity contribution in [2.45, 2.75) is 12.8 Å². The van der Waals surface area contributed by atoms with Gasteiger partial charge in [-0.05, 0) is 44.1 Å². The molecule has 0 aromatic heterocycles. The molecule has 0 atom stereocenters. The van der Waals surface area contributed by atoms with E-state index in [1.165, 1.54) is 18.2 Å². The van der Waals surface area contributed by atoms with E-state index in [0.29, 0.717) is 12.2 Å². The normalized spacial score (nSPS) is 16.1. The standard InChI is InChI=1S/C12H16FN3O/c13-10-4-3-9(7-11(10)14)15-12(17)8-16-5-1-2-6-16/h3-4,7H,1-2,5-6,8,14H2,(H,15,17). The highest BCUT2D eigenvalue weighted by atomic mass is 19.1. The Morgan fingerprint density at radius 1 is 1.41 bits per heavy atom. The van der Waals surface area contributed by atoms with Gasteiger partial charge in [0.05, 0.1) is 12.2 Å². The SMILES string of the molecule is Nc1cc(NC(=O)CN2CCCC2)ccc1F. The van der Waals surface area contributed by atoms with Crippen LogP contribution in [0, 0.1) is 5.82 Å². The van der Waals surface area contributed by atoms with Gasteiger partial charge in [0, 0.05) is 5.69 Å². The molecule has 1 aromatic carbocycles. The van der Waals surface area contributed by atoms with E-state index in [-0.39, 0.29) is 11.6 Å². The van der Waals surface area contributed by atoms with E-state index in [2.05, 4.69) is 10.2 Å². The van der Waals surface area contributed by atoms with Gasteiger partial charge >= 0.3 is 0 Å². The summed E-state index contributed by atoms with van der Waals surface area (Å²) in [7, 11) is 0. The summed E-state index contributed by atoms with van der Waals surface area (Å²) >= 11 is 0. The first-order chi connectivity index (χ1) is 8.15. The number of hydrogen-bond acceptors (Lipinski definition) is 3. The molecule has 5 heteroatoms. The third kappa shape index (κ3) is 3.17. The Morgan fingerprint density at radius 3 is 2.76 bits per heavy atom. The van der Waals surface area contributed by atoms with Gasteiger partial charge in [-0.15, -0.1) is 0 Å². The zero-order chi connectivity index (χ0) is 12.3. The Balaban J connectivity index is 1.90. The Bertz CT molecular complexity index is 416. The van der Waals surface area contributed by atoms with Crippen molar-refractivity contribution in [1.82, 2.24) is 4.90 Å². The second-order valence-electron chi connectivity index (χ2n) is 4.27. The van der Waals surface area contributed by atoms with Gasteiger partial charge in [-0.25, -0.2) is 4.39 Å². The van der Waals surface area contributed by atoms with Crippen LogP contribution in [0.2, 0.25) is 0 Å². The Kier molecular flexibility index (Phi) is 3.58. The van der Waals surface area contributed by atoms with Crippen molar-refractivity contribution in [1.29, 1.82) is 0 Å². The van der Waals surface area contributed by atoms with Gasteiger partial charge in [0.25, 0.3) is 0 Å². The van der Waals surface area contributed by atoms with Crippen LogP contribution in [0.4, 0.5) is 15.8 Å². The molecule has 1 saturated heterocycles. The predicted octanol–water partition coefficient (Wildman–Crippen LogP) is 1.44. The van der Waals surface area contributed by atoms with Crippen LogP contribution in [0.3, 0.4) is 0 Å². The summed E-state index contributed by atoms with van der Waals surface area (Å²) in [5.74, 6) is -0.555. The number of amides is 1. The second kappa shape index (κ2) is 5.14. The average molecular weight is 237 g/mol. The summed E-state index contributed by atoms with van der Waals surface area (Å²) in [5, 5.41) is 2.71. The molecule has 17 heavy (non-hydrogen) atoms. The highest BCUT2D eigenvalue weighted by Gasteiger charge is 2.15. The maximum Gasteiger partial charge on any atom is 0.238 e. The van der Waals surface area contributed by atoms with Crippen LogP contribution in [0.15, 0.2) is 18.2 Å². The number of halogens is 1. The number of anilines is 2. The molecule has 1 amide bonds. The fraction of sp³-hybridized carbons (Fsp3) is 0.417. The Morgan fingerprint density at radius 2 is 2.12 bits per heavy atom. The van der Waals surface area contributed by atoms with Gasteiger partial charge in [0.1, 0.15) is 5.82 Å². The lowest BCUT2D eigenvalue weighted by Crippen LogP contribution is -2.30. The fourth-order valence-corrected chi connectivity index (χ4v) is 1.97. The molecule has 92 valence electrons. The first-order valence-electron chi connectivity index (χ1n) is 5.72. The molecule has 1 heterocycles. The molecule has 2 rings (SSSR count). The summed E-state index contributed by atoms with van der Waals surface area (Å²) < 4.78 is 12.9. The number of nitrogen functional groups attached to an aromatic ring is 1. The topological polar surface area (TPSA) is 58.4 Å². The van der Waals surface area contributed by atoms with E-state index in [0.717, 1.165) is 25.9 Å². The largest absolute Gasteiger partial charge is 0.396 e. The van der Waals surface area contributed by atoms with E-state index in [9.17, 15) is 9.18 Å². The van der Waals surface area contributed by atoms with Crippen LogP contribution >= 0.6 is 0 Å². The maximum absolute atomic E-state index is 12.9. The van der Waals surface area contributed by atoms with E-state index < -0.39 is 5.82 Å². The highest BCUT2D eigenvalue weighted by Crippen LogP contribution is 2.16. The third-order valence-corrected chi connectivity index (χ3v) is 2.85. The molecule has 1 fully saturated rings. The molecule has 0 radical (unpaired) electrons. The summed E-state index contributed by atoms with van der Waals surface area (Å²) in [6, 6.07) is 4.19. The summed E-state index contributed by atoms with van der Waals surface area (Å²) in [4.78, 5) is 13.8. The van der Waals surface area contributed by atoms with Gasteiger partial charge in [-0.2, -0.15) is 0 Å². The lowest BCUT2D eigenvalue weighted by Gasteiger charge is -2.14. The second-order valence-corrected chi connectivity index (χ2v) is 4.27. The molecule has 3 N–H and O–H groups in total. The molecular weight excluding hydrogens is 221 g/mol. The highest BCUT2D eigenvalue weighted by molar-refractivity contribution is 5.92. The molecule has 4 nitrogen and oxygen atoms in total. The minimum atomic E-state index is -0.470. The molecule has 0 spiro atoms. The molecule has 0 aliphatic carbocycles. The van der Waals surface area contributed by atoms with Crippen molar-refractivity contribution in [2.24, 2.45) is 0 Å². The monoisotopic (exact) mass is 237 g/mol. The van der Waals surface area contributed by atoms with Crippen LogP contribution in [0.25, 0.3) is 0 Å². The third-order valence-electron chi connectivity index (χ3n) is 2.85. The number of hydrogen-bond donors (Lipinski definition) is 2. The summed E-state index contributed by atoms with van der Waals surface area (Å²) in [5.41, 5.74) is 6.00. The maximum atomic E-state index is 12.9. The molecule has 1 aliphatic rings. The van der Waals surface area contributed by atoms with Gasteiger partial charge in [0.2, 0.25) is 5.91 Å². The Hall–Kier alpha value is -1.62. The summed E-state index contributed by atoms with van der Waals surface area (Å²) in [6.07, 6.45) is 2.30. The molecule has 1 aliphatic heterocycles. The number of carbonyl (C=O) groups excluding carboxylic acids is 1.